The van der Waals surface area contributed by atoms with Crippen LogP contribution in [0, 0.1) is 0 Å². The molecule has 2 aliphatic heterocycles. The van der Waals surface area contributed by atoms with Gasteiger partial charge in [0.25, 0.3) is 5.91 Å². The van der Waals surface area contributed by atoms with E-state index in [0.29, 0.717) is 50.3 Å². The summed E-state index contributed by atoms with van der Waals surface area (Å²) in [5.74, 6) is -1.04. The third kappa shape index (κ3) is 2.78. The first kappa shape index (κ1) is 17.0. The lowest BCUT2D eigenvalue weighted by Gasteiger charge is -2.44. The molecule has 2 fully saturated rings. The number of amides is 1. The molecule has 0 atom stereocenters. The number of ether oxygens (including phenoxy) is 1. The number of carbonyl (C=O) groups excluding carboxylic acids is 1. The summed E-state index contributed by atoms with van der Waals surface area (Å²) in [7, 11) is 0. The number of carboxylic acids is 1. The molecular weight excluding hydrogens is 342 g/mol. The van der Waals surface area contributed by atoms with Crippen molar-refractivity contribution in [2.45, 2.75) is 56.1 Å². The van der Waals surface area contributed by atoms with E-state index in [0.717, 1.165) is 29.7 Å². The molecule has 1 amide bonds. The Bertz CT molecular complexity index is 698. The number of thiophene rings is 1. The first-order valence-corrected chi connectivity index (χ1v) is 9.77. The number of hydrogen-bond donors (Lipinski definition) is 2. The predicted octanol–water partition coefficient (Wildman–Crippen LogP) is 2.14. The SMILES string of the molecule is O=C(O)c1cc2c(s1)C1(CCN(C(=O)C3(O)CCCC3)CC1)OCC2. The van der Waals surface area contributed by atoms with E-state index in [-0.39, 0.29) is 5.91 Å². The molecule has 1 aliphatic carbocycles. The van der Waals surface area contributed by atoms with E-state index in [9.17, 15) is 19.8 Å². The molecule has 1 saturated carbocycles. The van der Waals surface area contributed by atoms with E-state index in [4.69, 9.17) is 4.74 Å². The molecule has 2 N–H and O–H groups in total. The number of carboxylic acid groups (broad SMARTS) is 1. The first-order chi connectivity index (χ1) is 11.9. The van der Waals surface area contributed by atoms with Crippen molar-refractivity contribution in [2.75, 3.05) is 19.7 Å². The Kier molecular flexibility index (Phi) is 4.13. The van der Waals surface area contributed by atoms with Gasteiger partial charge in [-0.15, -0.1) is 11.3 Å². The second kappa shape index (κ2) is 6.07. The van der Waals surface area contributed by atoms with Gasteiger partial charge >= 0.3 is 5.97 Å². The zero-order valence-electron chi connectivity index (χ0n) is 14.1. The van der Waals surface area contributed by atoms with Crippen LogP contribution in [0.25, 0.3) is 0 Å². The summed E-state index contributed by atoms with van der Waals surface area (Å²) >= 11 is 1.31. The Balaban J connectivity index is 1.52. The minimum atomic E-state index is -1.18. The van der Waals surface area contributed by atoms with Gasteiger partial charge in [0.1, 0.15) is 16.1 Å². The maximum Gasteiger partial charge on any atom is 0.345 e. The average molecular weight is 365 g/mol. The molecule has 3 aliphatic rings. The summed E-state index contributed by atoms with van der Waals surface area (Å²) < 4.78 is 6.12. The van der Waals surface area contributed by atoms with Crippen molar-refractivity contribution < 1.29 is 24.5 Å². The third-order valence-corrected chi connectivity index (χ3v) is 7.22. The molecule has 6 nitrogen and oxygen atoms in total. The van der Waals surface area contributed by atoms with Crippen molar-refractivity contribution in [2.24, 2.45) is 0 Å². The summed E-state index contributed by atoms with van der Waals surface area (Å²) in [6, 6.07) is 1.77. The molecule has 0 bridgehead atoms. The Morgan fingerprint density at radius 1 is 1.16 bits per heavy atom. The van der Waals surface area contributed by atoms with Crippen molar-refractivity contribution in [1.29, 1.82) is 0 Å². The van der Waals surface area contributed by atoms with Crippen LogP contribution in [0.5, 0.6) is 0 Å². The second-order valence-electron chi connectivity index (χ2n) is 7.39. The summed E-state index contributed by atoms with van der Waals surface area (Å²) in [6.45, 7) is 1.67. The molecule has 0 unspecified atom stereocenters. The van der Waals surface area contributed by atoms with E-state index in [1.807, 2.05) is 0 Å². The number of hydrogen-bond acceptors (Lipinski definition) is 5. The highest BCUT2D eigenvalue weighted by atomic mass is 32.1. The predicted molar refractivity (Wildman–Crippen MR) is 91.8 cm³/mol. The topological polar surface area (TPSA) is 87.1 Å². The van der Waals surface area contributed by atoms with Gasteiger partial charge in [-0.3, -0.25) is 4.79 Å². The number of aliphatic hydroxyl groups is 1. The van der Waals surface area contributed by atoms with Crippen LogP contribution >= 0.6 is 11.3 Å². The van der Waals surface area contributed by atoms with Crippen LogP contribution in [0.1, 0.15) is 58.6 Å². The van der Waals surface area contributed by atoms with Crippen molar-refractivity contribution in [1.82, 2.24) is 4.90 Å². The molecule has 1 saturated heterocycles. The minimum Gasteiger partial charge on any atom is -0.477 e. The third-order valence-electron chi connectivity index (χ3n) is 5.87. The number of piperidine rings is 1. The van der Waals surface area contributed by atoms with Crippen molar-refractivity contribution in [3.8, 4) is 0 Å². The largest absolute Gasteiger partial charge is 0.477 e. The monoisotopic (exact) mass is 365 g/mol. The van der Waals surface area contributed by atoms with E-state index in [1.165, 1.54) is 11.3 Å². The van der Waals surface area contributed by atoms with E-state index in [2.05, 4.69) is 0 Å². The van der Waals surface area contributed by atoms with Crippen molar-refractivity contribution in [3.63, 3.8) is 0 Å². The molecule has 0 radical (unpaired) electrons. The Morgan fingerprint density at radius 2 is 1.84 bits per heavy atom. The lowest BCUT2D eigenvalue weighted by molar-refractivity contribution is -0.158. The van der Waals surface area contributed by atoms with Crippen LogP contribution in [0.4, 0.5) is 0 Å². The summed E-state index contributed by atoms with van der Waals surface area (Å²) in [6.07, 6.45) is 4.97. The summed E-state index contributed by atoms with van der Waals surface area (Å²) in [5.41, 5.74) is -0.577. The second-order valence-corrected chi connectivity index (χ2v) is 8.45. The van der Waals surface area contributed by atoms with E-state index in [1.54, 1.807) is 11.0 Å². The highest BCUT2D eigenvalue weighted by Gasteiger charge is 2.47. The quantitative estimate of drug-likeness (QED) is 0.838. The fourth-order valence-corrected chi connectivity index (χ4v) is 5.69. The van der Waals surface area contributed by atoms with Gasteiger partial charge in [-0.05, 0) is 56.6 Å². The van der Waals surface area contributed by atoms with Crippen LogP contribution in [0.2, 0.25) is 0 Å². The average Bonchev–Trinajstić information content (AvgIpc) is 3.23. The first-order valence-electron chi connectivity index (χ1n) is 8.96. The number of aromatic carboxylic acids is 1. The normalized spacial score (nSPS) is 24.3. The number of rotatable bonds is 2. The number of nitrogens with zero attached hydrogens (tertiary/aromatic N) is 1. The molecule has 1 aromatic rings. The van der Waals surface area contributed by atoms with Crippen LogP contribution in [0.3, 0.4) is 0 Å². The molecule has 3 heterocycles. The summed E-state index contributed by atoms with van der Waals surface area (Å²) in [4.78, 5) is 27.1. The van der Waals surface area contributed by atoms with Crippen LogP contribution in [-0.4, -0.2) is 52.3 Å². The summed E-state index contributed by atoms with van der Waals surface area (Å²) in [5, 5.41) is 19.8. The number of carbonyl (C=O) groups is 2. The maximum absolute atomic E-state index is 12.7. The van der Waals surface area contributed by atoms with Gasteiger partial charge < -0.3 is 19.8 Å². The van der Waals surface area contributed by atoms with Crippen LogP contribution in [-0.2, 0) is 21.6 Å². The van der Waals surface area contributed by atoms with Gasteiger partial charge in [0.2, 0.25) is 0 Å². The van der Waals surface area contributed by atoms with Crippen molar-refractivity contribution >= 4 is 23.2 Å². The smallest absolute Gasteiger partial charge is 0.345 e. The lowest BCUT2D eigenvalue weighted by atomic mass is 9.84. The van der Waals surface area contributed by atoms with Gasteiger partial charge in [0.15, 0.2) is 0 Å². The van der Waals surface area contributed by atoms with Crippen LogP contribution in [0.15, 0.2) is 6.07 Å². The maximum atomic E-state index is 12.7. The fraction of sp³-hybridized carbons (Fsp3) is 0.667. The Morgan fingerprint density at radius 3 is 2.48 bits per heavy atom. The highest BCUT2D eigenvalue weighted by Crippen LogP contribution is 2.46. The lowest BCUT2D eigenvalue weighted by Crippen LogP contribution is -2.53. The molecule has 1 spiro atoms. The van der Waals surface area contributed by atoms with Gasteiger partial charge in [-0.1, -0.05) is 0 Å². The Labute approximate surface area is 150 Å². The van der Waals surface area contributed by atoms with Crippen LogP contribution < -0.4 is 0 Å². The minimum absolute atomic E-state index is 0.145. The molecule has 7 heteroatoms. The Hall–Kier alpha value is -1.44. The zero-order valence-corrected chi connectivity index (χ0v) is 14.9. The molecule has 4 rings (SSSR count). The van der Waals surface area contributed by atoms with Gasteiger partial charge in [0.05, 0.1) is 6.61 Å². The van der Waals surface area contributed by atoms with E-state index < -0.39 is 17.2 Å². The number of fused-ring (bicyclic) bond motifs is 2. The standard InChI is InChI=1S/C18H23NO5S/c20-15(21)13-11-12-3-10-24-18(14(12)25-13)6-8-19(9-7-18)16(22)17(23)4-1-2-5-17/h11,23H,1-10H2,(H,20,21). The molecule has 136 valence electrons. The van der Waals surface area contributed by atoms with Crippen molar-refractivity contribution in [3.05, 3.63) is 21.4 Å². The van der Waals surface area contributed by atoms with Gasteiger partial charge in [-0.2, -0.15) is 0 Å². The molecular formula is C18H23NO5S. The molecule has 0 aromatic carbocycles. The van der Waals surface area contributed by atoms with E-state index >= 15 is 0 Å². The molecule has 1 aromatic heterocycles. The van der Waals surface area contributed by atoms with Gasteiger partial charge in [-0.25, -0.2) is 4.79 Å². The molecule has 25 heavy (non-hydrogen) atoms. The zero-order chi connectivity index (χ0) is 17.7. The van der Waals surface area contributed by atoms with Gasteiger partial charge in [0, 0.05) is 18.0 Å². The fourth-order valence-electron chi connectivity index (χ4n) is 4.44. The number of likely N-dealkylation sites (tertiary alicyclic amines) is 1. The highest BCUT2D eigenvalue weighted by molar-refractivity contribution is 7.14.